The molecule has 2 nitrogen and oxygen atoms in total. The van der Waals surface area contributed by atoms with Crippen LogP contribution in [0.1, 0.15) is 47.5 Å². The maximum atomic E-state index is 12.7. The number of hydrogen-bond donors (Lipinski definition) is 1. The maximum Gasteiger partial charge on any atom is 0.203 e. The summed E-state index contributed by atoms with van der Waals surface area (Å²) in [5, 5.41) is 8.44. The molecule has 1 N–H and O–H groups in total. The van der Waals surface area contributed by atoms with Crippen LogP contribution in [0.15, 0.2) is 36.3 Å². The number of hydrogen-bond acceptors (Lipinski definition) is 2. The highest BCUT2D eigenvalue weighted by Crippen LogP contribution is 2.20. The van der Waals surface area contributed by atoms with E-state index in [4.69, 9.17) is 5.11 Å². The largest absolute Gasteiger partial charge is 0.505 e. The summed E-state index contributed by atoms with van der Waals surface area (Å²) >= 11 is 0. The summed E-state index contributed by atoms with van der Waals surface area (Å²) in [5.74, 6) is -4.21. The monoisotopic (exact) mass is 264 g/mol. The summed E-state index contributed by atoms with van der Waals surface area (Å²) in [6.07, 6.45) is 2.64. The highest BCUT2D eigenvalue weighted by atomic mass is 19.2. The third kappa shape index (κ3) is 12.7. The number of allylic oxidation sites excluding steroid dienone is 2. The van der Waals surface area contributed by atoms with Crippen molar-refractivity contribution < 1.29 is 18.6 Å². The van der Waals surface area contributed by atoms with Gasteiger partial charge in [0.25, 0.3) is 0 Å². The first-order chi connectivity index (χ1) is 8.42. The van der Waals surface area contributed by atoms with Crippen molar-refractivity contribution in [1.82, 2.24) is 0 Å². The zero-order valence-corrected chi connectivity index (χ0v) is 12.1. The van der Waals surface area contributed by atoms with Crippen molar-refractivity contribution in [3.8, 4) is 0 Å². The average Bonchev–Trinajstić information content (AvgIpc) is 2.39. The van der Waals surface area contributed by atoms with Crippen LogP contribution in [0.2, 0.25) is 0 Å². The van der Waals surface area contributed by atoms with E-state index >= 15 is 0 Å². The molecule has 4 heteroatoms. The van der Waals surface area contributed by atoms with Gasteiger partial charge in [0.2, 0.25) is 11.7 Å². The van der Waals surface area contributed by atoms with Crippen molar-refractivity contribution >= 4 is 0 Å². The zero-order valence-electron chi connectivity index (χ0n) is 12.1. The van der Waals surface area contributed by atoms with Crippen molar-refractivity contribution in [3.05, 3.63) is 36.3 Å². The van der Waals surface area contributed by atoms with Crippen LogP contribution in [0.5, 0.6) is 0 Å². The smallest absolute Gasteiger partial charge is 0.203 e. The van der Waals surface area contributed by atoms with Gasteiger partial charge in [-0.25, -0.2) is 0 Å². The predicted octanol–water partition coefficient (Wildman–Crippen LogP) is 5.59. The second-order valence-corrected chi connectivity index (χ2v) is 2.93. The molecule has 0 atom stereocenters. The molecule has 0 unspecified atom stereocenters. The van der Waals surface area contributed by atoms with Crippen LogP contribution in [0.25, 0.3) is 0 Å². The average molecular weight is 264 g/mol. The van der Waals surface area contributed by atoms with Crippen LogP contribution in [0, 0.1) is 0 Å². The van der Waals surface area contributed by atoms with Crippen molar-refractivity contribution in [2.24, 2.45) is 0 Å². The lowest BCUT2D eigenvalue weighted by molar-refractivity contribution is 0.222. The highest BCUT2D eigenvalue weighted by Gasteiger charge is 2.12. The Morgan fingerprint density at radius 2 is 1.39 bits per heavy atom. The highest BCUT2D eigenvalue weighted by molar-refractivity contribution is 5.28. The Labute approximate surface area is 110 Å². The minimum Gasteiger partial charge on any atom is -0.505 e. The van der Waals surface area contributed by atoms with Gasteiger partial charge in [-0.3, -0.25) is 0 Å². The minimum absolute atomic E-state index is 0.178. The van der Waals surface area contributed by atoms with Gasteiger partial charge in [-0.1, -0.05) is 53.7 Å². The molecule has 18 heavy (non-hydrogen) atoms. The molecule has 0 saturated heterocycles. The molecule has 0 rings (SSSR count). The fraction of sp³-hybridized carbons (Fsp3) is 0.571. The molecular formula is C14H26F2O2. The van der Waals surface area contributed by atoms with E-state index in [1.54, 1.807) is 6.92 Å². The maximum absolute atomic E-state index is 12.7. The predicted molar refractivity (Wildman–Crippen MR) is 73.7 cm³/mol. The van der Waals surface area contributed by atoms with E-state index in [0.29, 0.717) is 0 Å². The summed E-state index contributed by atoms with van der Waals surface area (Å²) in [7, 11) is 0. The van der Waals surface area contributed by atoms with Crippen molar-refractivity contribution in [2.75, 3.05) is 6.61 Å². The number of rotatable bonds is 5. The van der Waals surface area contributed by atoms with Gasteiger partial charge in [0.05, 0.1) is 6.61 Å². The van der Waals surface area contributed by atoms with Crippen LogP contribution in [0.4, 0.5) is 8.78 Å². The second-order valence-electron chi connectivity index (χ2n) is 2.93. The van der Waals surface area contributed by atoms with Gasteiger partial charge in [-0.05, 0) is 6.92 Å². The normalized spacial score (nSPS) is 9.94. The molecule has 0 aliphatic heterocycles. The molecule has 0 aliphatic rings. The first kappa shape index (κ1) is 21.9. The number of aliphatic hydroxyl groups is 1. The van der Waals surface area contributed by atoms with Gasteiger partial charge in [0.1, 0.15) is 5.76 Å². The molecule has 0 aromatic rings. The first-order valence-electron chi connectivity index (χ1n) is 6.17. The van der Waals surface area contributed by atoms with Gasteiger partial charge in [0, 0.05) is 0 Å². The van der Waals surface area contributed by atoms with Crippen LogP contribution in [-0.4, -0.2) is 11.7 Å². The van der Waals surface area contributed by atoms with Crippen molar-refractivity contribution in [3.63, 3.8) is 0 Å². The Balaban J connectivity index is -0.000000317. The van der Waals surface area contributed by atoms with Crippen LogP contribution >= 0.6 is 0 Å². The number of ether oxygens (including phenoxy) is 1. The molecule has 108 valence electrons. The fourth-order valence-electron chi connectivity index (χ4n) is 0.487. The van der Waals surface area contributed by atoms with Crippen molar-refractivity contribution in [1.29, 1.82) is 0 Å². The summed E-state index contributed by atoms with van der Waals surface area (Å²) in [6, 6.07) is 0. The van der Waals surface area contributed by atoms with Crippen LogP contribution < -0.4 is 0 Å². The molecule has 0 heterocycles. The van der Waals surface area contributed by atoms with Gasteiger partial charge in [-0.15, -0.1) is 0 Å². The van der Waals surface area contributed by atoms with E-state index in [0.717, 1.165) is 0 Å². The molecule has 0 radical (unpaired) electrons. The van der Waals surface area contributed by atoms with Crippen molar-refractivity contribution in [2.45, 2.75) is 47.5 Å². The fourth-order valence-corrected chi connectivity index (χ4v) is 0.487. The molecule has 0 aliphatic carbocycles. The Kier molecular flexibility index (Phi) is 19.1. The molecule has 0 spiro atoms. The Morgan fingerprint density at radius 1 is 1.00 bits per heavy atom. The summed E-state index contributed by atoms with van der Waals surface area (Å²) in [5.41, 5.74) is 0. The topological polar surface area (TPSA) is 29.5 Å². The van der Waals surface area contributed by atoms with E-state index in [1.807, 2.05) is 13.8 Å². The summed E-state index contributed by atoms with van der Waals surface area (Å²) in [4.78, 5) is 0. The minimum atomic E-state index is -1.45. The zero-order chi connectivity index (χ0) is 15.1. The quantitative estimate of drug-likeness (QED) is 0.518. The van der Waals surface area contributed by atoms with Gasteiger partial charge in [0.15, 0.2) is 5.76 Å². The summed E-state index contributed by atoms with van der Waals surface area (Å²) in [6.45, 7) is 16.0. The molecule has 0 fully saturated rings. The standard InChI is InChI=1S/C8H10F2O2.C4H10.C2H6/c1-4-12-6(3)8(10)7(9)5(2)11;1-3-4-2;1-2/h11H,2-4H2,1H3;3-4H2,1-2H3;1-2H3/b8-7-;;. The summed E-state index contributed by atoms with van der Waals surface area (Å²) < 4.78 is 29.7. The van der Waals surface area contributed by atoms with Crippen LogP contribution in [-0.2, 0) is 4.74 Å². The lowest BCUT2D eigenvalue weighted by Gasteiger charge is -2.04. The van der Waals surface area contributed by atoms with E-state index in [-0.39, 0.29) is 6.61 Å². The SMILES string of the molecule is C=C(O)/C(F)=C(/F)C(=C)OCC.CC.CCCC. The Bertz CT molecular complexity index is 257. The first-order valence-corrected chi connectivity index (χ1v) is 6.17. The number of unbranched alkanes of at least 4 members (excludes halogenated alkanes) is 1. The van der Waals surface area contributed by atoms with E-state index in [1.165, 1.54) is 12.8 Å². The Hall–Kier alpha value is -1.32. The molecule has 0 aromatic heterocycles. The van der Waals surface area contributed by atoms with Crippen LogP contribution in [0.3, 0.4) is 0 Å². The number of aliphatic hydroxyl groups excluding tert-OH is 1. The van der Waals surface area contributed by atoms with E-state index in [2.05, 4.69) is 31.7 Å². The number of halogens is 2. The third-order valence-corrected chi connectivity index (χ3v) is 1.51. The molecular weight excluding hydrogens is 238 g/mol. The molecule has 0 amide bonds. The third-order valence-electron chi connectivity index (χ3n) is 1.51. The molecule has 0 bridgehead atoms. The van der Waals surface area contributed by atoms with Gasteiger partial charge < -0.3 is 9.84 Å². The molecule has 0 saturated carbocycles. The molecule has 0 aromatic carbocycles. The lowest BCUT2D eigenvalue weighted by atomic mass is 10.3. The van der Waals surface area contributed by atoms with Gasteiger partial charge >= 0.3 is 0 Å². The van der Waals surface area contributed by atoms with E-state index < -0.39 is 23.2 Å². The second kappa shape index (κ2) is 15.7. The lowest BCUT2D eigenvalue weighted by Crippen LogP contribution is -1.94. The van der Waals surface area contributed by atoms with E-state index in [9.17, 15) is 8.78 Å². The Morgan fingerprint density at radius 3 is 1.61 bits per heavy atom. The van der Waals surface area contributed by atoms with Gasteiger partial charge in [-0.2, -0.15) is 8.78 Å².